The number of aromatic carboxylic acids is 1. The molecule has 1 unspecified atom stereocenters. The number of carboxylic acids is 1. The van der Waals surface area contributed by atoms with Gasteiger partial charge in [0.05, 0.1) is 27.7 Å². The van der Waals surface area contributed by atoms with Crippen LogP contribution in [0, 0.1) is 11.7 Å². The van der Waals surface area contributed by atoms with Crippen molar-refractivity contribution in [2.45, 2.75) is 12.5 Å². The first-order valence-corrected chi connectivity index (χ1v) is 13.2. The predicted octanol–water partition coefficient (Wildman–Crippen LogP) is 3.65. The zero-order chi connectivity index (χ0) is 27.9. The lowest BCUT2D eigenvalue weighted by molar-refractivity contribution is 0.0695. The monoisotopic (exact) mass is 541 g/mol. The molecule has 204 valence electrons. The number of H-pyrrole nitrogens is 1. The summed E-state index contributed by atoms with van der Waals surface area (Å²) in [6.45, 7) is 2.71. The molecule has 0 saturated carbocycles. The summed E-state index contributed by atoms with van der Waals surface area (Å²) < 4.78 is 16.4. The van der Waals surface area contributed by atoms with Crippen LogP contribution in [-0.2, 0) is 7.05 Å². The van der Waals surface area contributed by atoms with Crippen molar-refractivity contribution < 1.29 is 14.3 Å². The van der Waals surface area contributed by atoms with Crippen molar-refractivity contribution in [3.8, 4) is 11.1 Å². The molecular formula is C29H28FN7O3. The van der Waals surface area contributed by atoms with Gasteiger partial charge in [-0.3, -0.25) is 4.79 Å². The molecule has 0 radical (unpaired) electrons. The summed E-state index contributed by atoms with van der Waals surface area (Å²) in [5.41, 5.74) is 3.82. The number of nitrogens with one attached hydrogen (secondary N) is 2. The molecule has 40 heavy (non-hydrogen) atoms. The van der Waals surface area contributed by atoms with Crippen LogP contribution in [0.15, 0.2) is 41.6 Å². The molecule has 5 aromatic rings. The van der Waals surface area contributed by atoms with E-state index in [4.69, 9.17) is 4.98 Å². The number of aryl methyl sites for hydroxylation is 1. The largest absolute Gasteiger partial charge is 0.477 e. The van der Waals surface area contributed by atoms with Gasteiger partial charge in [0.15, 0.2) is 0 Å². The smallest absolute Gasteiger partial charge is 0.341 e. The second kappa shape index (κ2) is 8.75. The Morgan fingerprint density at radius 1 is 1.15 bits per heavy atom. The first-order valence-electron chi connectivity index (χ1n) is 13.2. The standard InChI is InChI=1S/C29H28FN7O3/c1-31-21-8-16(30)7-17-23-25(37-11-14-4-5-35(2)22(14)13-37)19(10-32-27(23)34-24(17)21)15-6-18-26(38)20(29(39)40)12-36(3)28(18)33-9-15/h6-10,12,14,22,31H,4-5,11,13H2,1-3H3,(H,32,34)(H,39,40)/t14?,22-/m0/s1. The number of anilines is 2. The van der Waals surface area contributed by atoms with Crippen molar-refractivity contribution in [1.82, 2.24) is 24.4 Å². The number of fused-ring (bicyclic) bond motifs is 5. The molecule has 0 amide bonds. The third-order valence-electron chi connectivity index (χ3n) is 8.63. The fraction of sp³-hybridized carbons (Fsp3) is 0.310. The van der Waals surface area contributed by atoms with E-state index in [0.29, 0.717) is 39.9 Å². The molecule has 10 nitrogen and oxygen atoms in total. The maximum atomic E-state index is 14.8. The van der Waals surface area contributed by atoms with E-state index in [9.17, 15) is 19.1 Å². The Morgan fingerprint density at radius 2 is 1.98 bits per heavy atom. The van der Waals surface area contributed by atoms with Crippen LogP contribution in [0.25, 0.3) is 44.1 Å². The molecule has 2 aliphatic rings. The summed E-state index contributed by atoms with van der Waals surface area (Å²) in [5, 5.41) is 14.4. The van der Waals surface area contributed by atoms with Crippen LogP contribution >= 0.6 is 0 Å². The average Bonchev–Trinajstić information content (AvgIpc) is 3.63. The zero-order valence-electron chi connectivity index (χ0n) is 22.3. The van der Waals surface area contributed by atoms with Gasteiger partial charge in [0.1, 0.15) is 22.7 Å². The lowest BCUT2D eigenvalue weighted by Crippen LogP contribution is -2.32. The van der Waals surface area contributed by atoms with Crippen molar-refractivity contribution in [2.75, 3.05) is 43.9 Å². The summed E-state index contributed by atoms with van der Waals surface area (Å²) in [7, 11) is 5.57. The number of aromatic nitrogens is 4. The van der Waals surface area contributed by atoms with Crippen molar-refractivity contribution >= 4 is 50.3 Å². The van der Waals surface area contributed by atoms with E-state index in [1.165, 1.54) is 18.3 Å². The second-order valence-corrected chi connectivity index (χ2v) is 10.9. The summed E-state index contributed by atoms with van der Waals surface area (Å²) in [6.07, 6.45) is 5.85. The summed E-state index contributed by atoms with van der Waals surface area (Å²) in [6, 6.07) is 5.09. The number of rotatable bonds is 4. The molecule has 6 heterocycles. The van der Waals surface area contributed by atoms with Crippen molar-refractivity contribution in [3.05, 3.63) is 58.4 Å². The highest BCUT2D eigenvalue weighted by atomic mass is 19.1. The molecule has 4 aromatic heterocycles. The van der Waals surface area contributed by atoms with E-state index in [0.717, 1.165) is 48.2 Å². The fourth-order valence-corrected chi connectivity index (χ4v) is 6.66. The molecule has 2 saturated heterocycles. The van der Waals surface area contributed by atoms with Gasteiger partial charge in [-0.25, -0.2) is 19.2 Å². The quantitative estimate of drug-likeness (QED) is 0.316. The number of hydrogen-bond acceptors (Lipinski definition) is 7. The minimum atomic E-state index is -1.29. The topological polar surface area (TPSA) is 119 Å². The van der Waals surface area contributed by atoms with Gasteiger partial charge in [0.2, 0.25) is 5.43 Å². The van der Waals surface area contributed by atoms with Gasteiger partial charge in [0, 0.05) is 68.3 Å². The molecular weight excluding hydrogens is 513 g/mol. The SMILES string of the molecule is CNc1cc(F)cc2c1[nH]c1ncc(-c3cnc4c(c3)c(=O)c(C(=O)O)cn4C)c(N3CC4CCN(C)[C@H]4C3)c12. The van der Waals surface area contributed by atoms with Crippen LogP contribution in [0.1, 0.15) is 16.8 Å². The number of halogens is 1. The normalized spacial score (nSPS) is 19.2. The zero-order valence-corrected chi connectivity index (χ0v) is 22.3. The number of nitrogens with zero attached hydrogens (tertiary/aromatic N) is 5. The summed E-state index contributed by atoms with van der Waals surface area (Å²) >= 11 is 0. The molecule has 2 fully saturated rings. The van der Waals surface area contributed by atoms with E-state index < -0.39 is 11.4 Å². The second-order valence-electron chi connectivity index (χ2n) is 10.9. The number of pyridine rings is 3. The first kappa shape index (κ1) is 24.5. The minimum absolute atomic E-state index is 0.214. The molecule has 0 bridgehead atoms. The third kappa shape index (κ3) is 3.50. The Kier molecular flexibility index (Phi) is 5.36. The van der Waals surface area contributed by atoms with Crippen LogP contribution in [0.4, 0.5) is 15.8 Å². The number of likely N-dealkylation sites (N-methyl/N-ethyl adjacent to an activating group) is 1. The first-order chi connectivity index (χ1) is 19.2. The van der Waals surface area contributed by atoms with Gasteiger partial charge >= 0.3 is 5.97 Å². The number of carboxylic acid groups (broad SMARTS) is 1. The average molecular weight is 542 g/mol. The number of aromatic amines is 1. The van der Waals surface area contributed by atoms with Crippen molar-refractivity contribution in [3.63, 3.8) is 0 Å². The van der Waals surface area contributed by atoms with E-state index in [-0.39, 0.29) is 16.8 Å². The lowest BCUT2D eigenvalue weighted by Gasteiger charge is -2.25. The molecule has 2 atom stereocenters. The van der Waals surface area contributed by atoms with Crippen LogP contribution < -0.4 is 15.6 Å². The van der Waals surface area contributed by atoms with E-state index in [1.54, 1.807) is 37.1 Å². The highest BCUT2D eigenvalue weighted by Crippen LogP contribution is 2.45. The van der Waals surface area contributed by atoms with Crippen LogP contribution in [-0.4, -0.2) is 75.3 Å². The fourth-order valence-electron chi connectivity index (χ4n) is 6.66. The maximum absolute atomic E-state index is 14.8. The highest BCUT2D eigenvalue weighted by Gasteiger charge is 2.41. The van der Waals surface area contributed by atoms with Crippen LogP contribution in [0.2, 0.25) is 0 Å². The molecule has 0 spiro atoms. The Hall–Kier alpha value is -4.51. The predicted molar refractivity (Wildman–Crippen MR) is 153 cm³/mol. The highest BCUT2D eigenvalue weighted by molar-refractivity contribution is 6.18. The Morgan fingerprint density at radius 3 is 2.73 bits per heavy atom. The van der Waals surface area contributed by atoms with Crippen LogP contribution in [0.5, 0.6) is 0 Å². The number of carbonyl (C=O) groups is 1. The Labute approximate surface area is 228 Å². The molecule has 3 N–H and O–H groups in total. The Balaban J connectivity index is 1.53. The summed E-state index contributed by atoms with van der Waals surface area (Å²) in [4.78, 5) is 42.3. The number of likely N-dealkylation sites (tertiary alicyclic amines) is 1. The number of hydrogen-bond donors (Lipinski definition) is 3. The molecule has 0 aliphatic carbocycles. The van der Waals surface area contributed by atoms with Gasteiger partial charge < -0.3 is 29.8 Å². The van der Waals surface area contributed by atoms with Crippen molar-refractivity contribution in [1.29, 1.82) is 0 Å². The lowest BCUT2D eigenvalue weighted by atomic mass is 10.0. The maximum Gasteiger partial charge on any atom is 0.341 e. The molecule has 11 heteroatoms. The van der Waals surface area contributed by atoms with Gasteiger partial charge in [-0.1, -0.05) is 0 Å². The van der Waals surface area contributed by atoms with Crippen molar-refractivity contribution in [2.24, 2.45) is 13.0 Å². The third-order valence-corrected chi connectivity index (χ3v) is 8.63. The van der Waals surface area contributed by atoms with Gasteiger partial charge in [-0.2, -0.15) is 0 Å². The molecule has 1 aromatic carbocycles. The Bertz CT molecular complexity index is 1930. The van der Waals surface area contributed by atoms with Gasteiger partial charge in [-0.05, 0) is 44.1 Å². The summed E-state index contributed by atoms with van der Waals surface area (Å²) in [5.74, 6) is -1.13. The number of benzene rings is 1. The molecule has 2 aliphatic heterocycles. The van der Waals surface area contributed by atoms with Crippen LogP contribution in [0.3, 0.4) is 0 Å². The van der Waals surface area contributed by atoms with Gasteiger partial charge in [-0.15, -0.1) is 0 Å². The van der Waals surface area contributed by atoms with E-state index in [1.807, 2.05) is 0 Å². The van der Waals surface area contributed by atoms with E-state index >= 15 is 0 Å². The minimum Gasteiger partial charge on any atom is -0.477 e. The van der Waals surface area contributed by atoms with Gasteiger partial charge in [0.25, 0.3) is 0 Å². The van der Waals surface area contributed by atoms with E-state index in [2.05, 4.69) is 32.1 Å². The molecule has 7 rings (SSSR count).